The zero-order valence-corrected chi connectivity index (χ0v) is 12.6. The van der Waals surface area contributed by atoms with Crippen LogP contribution in [0.15, 0.2) is 0 Å². The highest BCUT2D eigenvalue weighted by molar-refractivity contribution is 5.78. The molecule has 0 aromatic heterocycles. The van der Waals surface area contributed by atoms with E-state index in [4.69, 9.17) is 4.74 Å². The number of nitrogens with zero attached hydrogens (tertiary/aromatic N) is 1. The van der Waals surface area contributed by atoms with Gasteiger partial charge in [0.05, 0.1) is 24.9 Å². The van der Waals surface area contributed by atoms with Gasteiger partial charge in [-0.05, 0) is 26.2 Å². The highest BCUT2D eigenvalue weighted by atomic mass is 16.5. The van der Waals surface area contributed by atoms with Gasteiger partial charge in [-0.25, -0.2) is 0 Å². The number of nitrogens with one attached hydrogen (secondary N) is 1. The highest BCUT2D eigenvalue weighted by Gasteiger charge is 2.33. The minimum atomic E-state index is -0.316. The molecule has 0 aliphatic carbocycles. The van der Waals surface area contributed by atoms with E-state index in [0.29, 0.717) is 25.6 Å². The standard InChI is InChI=1S/C14H28N2O3/c1-11(2)5-6-15-13(18)8-16-7-12(9-17)19-14(3,4)10-16/h11-12,17H,5-10H2,1-4H3,(H,15,18). The number of hydrogen-bond acceptors (Lipinski definition) is 4. The van der Waals surface area contributed by atoms with Crippen molar-refractivity contribution < 1.29 is 14.6 Å². The second kappa shape index (κ2) is 7.22. The average molecular weight is 272 g/mol. The molecule has 0 saturated carbocycles. The Morgan fingerprint density at radius 1 is 1.53 bits per heavy atom. The molecule has 1 atom stereocenters. The summed E-state index contributed by atoms with van der Waals surface area (Å²) in [5.74, 6) is 0.649. The molecule has 0 bridgehead atoms. The summed E-state index contributed by atoms with van der Waals surface area (Å²) in [6.45, 7) is 10.7. The number of morpholine rings is 1. The van der Waals surface area contributed by atoms with E-state index in [1.165, 1.54) is 0 Å². The predicted octanol–water partition coefficient (Wildman–Crippen LogP) is 0.620. The van der Waals surface area contributed by atoms with Crippen LogP contribution in [-0.4, -0.2) is 60.4 Å². The number of aliphatic hydroxyl groups is 1. The monoisotopic (exact) mass is 272 g/mol. The molecule has 0 aromatic carbocycles. The van der Waals surface area contributed by atoms with Crippen molar-refractivity contribution in [3.8, 4) is 0 Å². The Kier molecular flexibility index (Phi) is 6.23. The SMILES string of the molecule is CC(C)CCNC(=O)CN1CC(CO)OC(C)(C)C1. The van der Waals surface area contributed by atoms with Gasteiger partial charge < -0.3 is 15.2 Å². The average Bonchev–Trinajstić information content (AvgIpc) is 2.25. The predicted molar refractivity (Wildman–Crippen MR) is 74.9 cm³/mol. The Morgan fingerprint density at radius 2 is 2.21 bits per heavy atom. The number of aliphatic hydroxyl groups excluding tert-OH is 1. The van der Waals surface area contributed by atoms with Gasteiger partial charge in [0.1, 0.15) is 0 Å². The molecule has 0 radical (unpaired) electrons. The number of hydrogen-bond donors (Lipinski definition) is 2. The summed E-state index contributed by atoms with van der Waals surface area (Å²) in [5, 5.41) is 12.2. The lowest BCUT2D eigenvalue weighted by molar-refractivity contribution is -0.153. The van der Waals surface area contributed by atoms with Gasteiger partial charge in [-0.15, -0.1) is 0 Å². The van der Waals surface area contributed by atoms with Crippen molar-refractivity contribution in [1.82, 2.24) is 10.2 Å². The molecular formula is C14H28N2O3. The molecule has 5 nitrogen and oxygen atoms in total. The molecule has 5 heteroatoms. The molecule has 0 aromatic rings. The van der Waals surface area contributed by atoms with Gasteiger partial charge in [0, 0.05) is 19.6 Å². The van der Waals surface area contributed by atoms with E-state index < -0.39 is 0 Å². The lowest BCUT2D eigenvalue weighted by atomic mass is 10.1. The summed E-state index contributed by atoms with van der Waals surface area (Å²) < 4.78 is 5.72. The summed E-state index contributed by atoms with van der Waals surface area (Å²) in [4.78, 5) is 13.9. The molecule has 1 fully saturated rings. The van der Waals surface area contributed by atoms with Crippen LogP contribution >= 0.6 is 0 Å². The third-order valence-corrected chi connectivity index (χ3v) is 3.17. The van der Waals surface area contributed by atoms with Gasteiger partial charge in [0.2, 0.25) is 5.91 Å². The normalized spacial score (nSPS) is 23.6. The first-order valence-electron chi connectivity index (χ1n) is 7.10. The van der Waals surface area contributed by atoms with Crippen molar-refractivity contribution in [2.24, 2.45) is 5.92 Å². The maximum Gasteiger partial charge on any atom is 0.234 e. The van der Waals surface area contributed by atoms with Crippen LogP contribution in [0.2, 0.25) is 0 Å². The van der Waals surface area contributed by atoms with E-state index in [1.807, 2.05) is 13.8 Å². The molecule has 1 aliphatic heterocycles. The maximum absolute atomic E-state index is 11.8. The molecule has 1 unspecified atom stereocenters. The van der Waals surface area contributed by atoms with Crippen molar-refractivity contribution in [2.75, 3.05) is 32.8 Å². The quantitative estimate of drug-likeness (QED) is 0.744. The van der Waals surface area contributed by atoms with Crippen LogP contribution in [0.3, 0.4) is 0 Å². The summed E-state index contributed by atoms with van der Waals surface area (Å²) >= 11 is 0. The van der Waals surface area contributed by atoms with E-state index in [2.05, 4.69) is 24.1 Å². The number of ether oxygens (including phenoxy) is 1. The molecule has 1 saturated heterocycles. The number of carbonyl (C=O) groups excluding carboxylic acids is 1. The first-order valence-corrected chi connectivity index (χ1v) is 7.10. The number of amides is 1. The van der Waals surface area contributed by atoms with Crippen LogP contribution in [0.25, 0.3) is 0 Å². The van der Waals surface area contributed by atoms with Gasteiger partial charge in [-0.3, -0.25) is 9.69 Å². The van der Waals surface area contributed by atoms with Crippen LogP contribution in [-0.2, 0) is 9.53 Å². The number of carbonyl (C=O) groups is 1. The first kappa shape index (κ1) is 16.4. The van der Waals surface area contributed by atoms with Crippen molar-refractivity contribution in [3.63, 3.8) is 0 Å². The molecule has 112 valence electrons. The lowest BCUT2D eigenvalue weighted by Crippen LogP contribution is -2.55. The minimum absolute atomic E-state index is 0.00506. The topological polar surface area (TPSA) is 61.8 Å². The third-order valence-electron chi connectivity index (χ3n) is 3.17. The second-order valence-corrected chi connectivity index (χ2v) is 6.38. The molecule has 2 N–H and O–H groups in total. The Labute approximate surface area is 116 Å². The fraction of sp³-hybridized carbons (Fsp3) is 0.929. The van der Waals surface area contributed by atoms with Gasteiger partial charge in [0.15, 0.2) is 0 Å². The Hall–Kier alpha value is -0.650. The van der Waals surface area contributed by atoms with Crippen molar-refractivity contribution >= 4 is 5.91 Å². The zero-order valence-electron chi connectivity index (χ0n) is 12.6. The molecule has 1 aliphatic rings. The van der Waals surface area contributed by atoms with E-state index >= 15 is 0 Å². The number of rotatable bonds is 6. The van der Waals surface area contributed by atoms with Crippen molar-refractivity contribution in [2.45, 2.75) is 45.8 Å². The molecule has 19 heavy (non-hydrogen) atoms. The maximum atomic E-state index is 11.8. The van der Waals surface area contributed by atoms with E-state index in [9.17, 15) is 9.90 Å². The Morgan fingerprint density at radius 3 is 2.79 bits per heavy atom. The third kappa shape index (κ3) is 6.36. The van der Waals surface area contributed by atoms with Gasteiger partial charge in [-0.1, -0.05) is 13.8 Å². The molecule has 1 amide bonds. The summed E-state index contributed by atoms with van der Waals surface area (Å²) in [6.07, 6.45) is 0.798. The van der Waals surface area contributed by atoms with Gasteiger partial charge >= 0.3 is 0 Å². The van der Waals surface area contributed by atoms with Crippen LogP contribution in [0.1, 0.15) is 34.1 Å². The highest BCUT2D eigenvalue weighted by Crippen LogP contribution is 2.20. The fourth-order valence-electron chi connectivity index (χ4n) is 2.39. The molecule has 1 rings (SSSR count). The summed E-state index contributed by atoms with van der Waals surface area (Å²) in [6, 6.07) is 0. The van der Waals surface area contributed by atoms with Gasteiger partial charge in [-0.2, -0.15) is 0 Å². The lowest BCUT2D eigenvalue weighted by Gasteiger charge is -2.42. The zero-order chi connectivity index (χ0) is 14.5. The van der Waals surface area contributed by atoms with E-state index in [-0.39, 0.29) is 24.2 Å². The van der Waals surface area contributed by atoms with E-state index in [0.717, 1.165) is 13.0 Å². The van der Waals surface area contributed by atoms with Crippen LogP contribution < -0.4 is 5.32 Å². The second-order valence-electron chi connectivity index (χ2n) is 6.38. The Bertz CT molecular complexity index is 292. The summed E-state index contributed by atoms with van der Waals surface area (Å²) in [5.41, 5.74) is -0.316. The minimum Gasteiger partial charge on any atom is -0.394 e. The smallest absolute Gasteiger partial charge is 0.234 e. The van der Waals surface area contributed by atoms with Crippen LogP contribution in [0, 0.1) is 5.92 Å². The first-order chi connectivity index (χ1) is 8.82. The molecule has 1 heterocycles. The molecular weight excluding hydrogens is 244 g/mol. The van der Waals surface area contributed by atoms with Crippen LogP contribution in [0.5, 0.6) is 0 Å². The van der Waals surface area contributed by atoms with Crippen LogP contribution in [0.4, 0.5) is 0 Å². The Balaban J connectivity index is 2.36. The van der Waals surface area contributed by atoms with Crippen molar-refractivity contribution in [3.05, 3.63) is 0 Å². The van der Waals surface area contributed by atoms with Crippen molar-refractivity contribution in [1.29, 1.82) is 0 Å². The largest absolute Gasteiger partial charge is 0.394 e. The molecule has 0 spiro atoms. The summed E-state index contributed by atoms with van der Waals surface area (Å²) in [7, 11) is 0. The van der Waals surface area contributed by atoms with Gasteiger partial charge in [0.25, 0.3) is 0 Å². The van der Waals surface area contributed by atoms with E-state index in [1.54, 1.807) is 0 Å². The fourth-order valence-corrected chi connectivity index (χ4v) is 2.39.